The number of rotatable bonds is 16. The molecule has 1 rings (SSSR count). The summed E-state index contributed by atoms with van der Waals surface area (Å²) in [6.45, 7) is 2.27. The number of unbranched alkanes of at least 4 members (excludes halogenated alkanes) is 13. The van der Waals surface area contributed by atoms with Gasteiger partial charge < -0.3 is 0 Å². The Morgan fingerprint density at radius 1 is 0.654 bits per heavy atom. The fraction of sp³-hybridized carbons (Fsp3) is 0.727. The molecule has 0 aromatic heterocycles. The Morgan fingerprint density at radius 2 is 1.04 bits per heavy atom. The van der Waals surface area contributed by atoms with E-state index < -0.39 is 10.1 Å². The Labute approximate surface area is 161 Å². The molecular weight excluding hydrogens is 344 g/mol. The molecule has 0 heterocycles. The van der Waals surface area contributed by atoms with Crippen molar-refractivity contribution in [2.75, 3.05) is 0 Å². The Balaban J connectivity index is 1.90. The molecular formula is C22H38O3S. The van der Waals surface area contributed by atoms with E-state index in [1.807, 2.05) is 0 Å². The second-order valence-electron chi connectivity index (χ2n) is 7.47. The minimum atomic E-state index is -4.07. The monoisotopic (exact) mass is 382 g/mol. The van der Waals surface area contributed by atoms with Crippen molar-refractivity contribution in [1.29, 1.82) is 0 Å². The predicted octanol–water partition coefficient (Wildman–Crippen LogP) is 6.96. The number of aryl methyl sites for hydroxylation is 1. The molecule has 1 N–H and O–H groups in total. The highest BCUT2D eigenvalue weighted by Crippen LogP contribution is 2.15. The predicted molar refractivity (Wildman–Crippen MR) is 110 cm³/mol. The number of hydrogen-bond acceptors (Lipinski definition) is 2. The Kier molecular flexibility index (Phi) is 12.7. The van der Waals surface area contributed by atoms with Gasteiger partial charge in [0.2, 0.25) is 0 Å². The van der Waals surface area contributed by atoms with Gasteiger partial charge in [0.05, 0.1) is 4.90 Å². The van der Waals surface area contributed by atoms with Gasteiger partial charge in [-0.3, -0.25) is 4.55 Å². The van der Waals surface area contributed by atoms with Crippen molar-refractivity contribution >= 4 is 10.1 Å². The van der Waals surface area contributed by atoms with Gasteiger partial charge in [-0.15, -0.1) is 0 Å². The van der Waals surface area contributed by atoms with Gasteiger partial charge in [0.25, 0.3) is 10.1 Å². The third-order valence-corrected chi connectivity index (χ3v) is 5.91. The molecule has 150 valence electrons. The van der Waals surface area contributed by atoms with Crippen LogP contribution in [0.5, 0.6) is 0 Å². The Hall–Kier alpha value is -0.870. The van der Waals surface area contributed by atoms with Crippen LogP contribution in [0.2, 0.25) is 0 Å². The Morgan fingerprint density at radius 3 is 1.42 bits per heavy atom. The topological polar surface area (TPSA) is 54.4 Å². The first-order valence-corrected chi connectivity index (χ1v) is 12.0. The molecule has 0 aliphatic rings. The summed E-state index contributed by atoms with van der Waals surface area (Å²) in [7, 11) is -4.07. The molecule has 0 fully saturated rings. The fourth-order valence-corrected chi connectivity index (χ4v) is 3.83. The van der Waals surface area contributed by atoms with Crippen LogP contribution in [0.1, 0.15) is 102 Å². The van der Waals surface area contributed by atoms with Crippen molar-refractivity contribution in [3.05, 3.63) is 29.8 Å². The van der Waals surface area contributed by atoms with E-state index in [2.05, 4.69) is 6.92 Å². The normalized spacial score (nSPS) is 11.8. The van der Waals surface area contributed by atoms with Crippen LogP contribution in [0.25, 0.3) is 0 Å². The second kappa shape index (κ2) is 14.2. The standard InChI is InChI=1S/C22H38O3S/c1-2-3-4-5-6-7-8-9-10-11-12-13-14-15-16-21-17-19-22(20-18-21)26(23,24)25/h17-20H,2-16H2,1H3,(H,23,24,25). The third kappa shape index (κ3) is 11.7. The average molecular weight is 383 g/mol. The van der Waals surface area contributed by atoms with Crippen LogP contribution in [0.15, 0.2) is 29.2 Å². The Bertz CT molecular complexity index is 549. The van der Waals surface area contributed by atoms with Gasteiger partial charge in [-0.25, -0.2) is 0 Å². The molecule has 4 heteroatoms. The van der Waals surface area contributed by atoms with Gasteiger partial charge in [0, 0.05) is 0 Å². The van der Waals surface area contributed by atoms with Crippen molar-refractivity contribution in [3.8, 4) is 0 Å². The van der Waals surface area contributed by atoms with Gasteiger partial charge in [0.1, 0.15) is 0 Å². The van der Waals surface area contributed by atoms with E-state index in [0.717, 1.165) is 18.4 Å². The highest BCUT2D eigenvalue weighted by atomic mass is 32.2. The third-order valence-electron chi connectivity index (χ3n) is 5.04. The van der Waals surface area contributed by atoms with E-state index in [1.165, 1.54) is 95.6 Å². The molecule has 0 bridgehead atoms. The maximum absolute atomic E-state index is 11.0. The van der Waals surface area contributed by atoms with Gasteiger partial charge in [-0.05, 0) is 30.5 Å². The van der Waals surface area contributed by atoms with Crippen molar-refractivity contribution in [2.45, 2.75) is 108 Å². The van der Waals surface area contributed by atoms with Crippen molar-refractivity contribution in [3.63, 3.8) is 0 Å². The van der Waals surface area contributed by atoms with E-state index >= 15 is 0 Å². The first-order chi connectivity index (χ1) is 12.5. The average Bonchev–Trinajstić information content (AvgIpc) is 2.61. The van der Waals surface area contributed by atoms with Gasteiger partial charge in [-0.1, -0.05) is 103 Å². The van der Waals surface area contributed by atoms with Crippen LogP contribution in [-0.2, 0) is 16.5 Å². The van der Waals surface area contributed by atoms with Gasteiger partial charge in [0.15, 0.2) is 0 Å². The zero-order valence-electron chi connectivity index (χ0n) is 16.6. The lowest BCUT2D eigenvalue weighted by Crippen LogP contribution is -1.98. The highest BCUT2D eigenvalue weighted by Gasteiger charge is 2.08. The summed E-state index contributed by atoms with van der Waals surface area (Å²) >= 11 is 0. The molecule has 0 unspecified atom stereocenters. The van der Waals surface area contributed by atoms with Crippen LogP contribution in [-0.4, -0.2) is 13.0 Å². The maximum Gasteiger partial charge on any atom is 0.294 e. The lowest BCUT2D eigenvalue weighted by Gasteiger charge is -2.04. The van der Waals surface area contributed by atoms with Gasteiger partial charge in [-0.2, -0.15) is 8.42 Å². The molecule has 3 nitrogen and oxygen atoms in total. The van der Waals surface area contributed by atoms with E-state index in [4.69, 9.17) is 4.55 Å². The van der Waals surface area contributed by atoms with E-state index in [9.17, 15) is 8.42 Å². The summed E-state index contributed by atoms with van der Waals surface area (Å²) in [5.41, 5.74) is 1.14. The summed E-state index contributed by atoms with van der Waals surface area (Å²) in [5.74, 6) is 0. The van der Waals surface area contributed by atoms with E-state index in [0.29, 0.717) is 0 Å². The first-order valence-electron chi connectivity index (χ1n) is 10.6. The number of benzene rings is 1. The smallest absolute Gasteiger partial charge is 0.282 e. The van der Waals surface area contributed by atoms with Crippen LogP contribution < -0.4 is 0 Å². The van der Waals surface area contributed by atoms with Crippen LogP contribution >= 0.6 is 0 Å². The molecule has 0 saturated carbocycles. The minimum Gasteiger partial charge on any atom is -0.282 e. The summed E-state index contributed by atoms with van der Waals surface area (Å²) in [6, 6.07) is 6.56. The molecule has 0 radical (unpaired) electrons. The van der Waals surface area contributed by atoms with Crippen LogP contribution in [0.3, 0.4) is 0 Å². The highest BCUT2D eigenvalue weighted by molar-refractivity contribution is 7.85. The summed E-state index contributed by atoms with van der Waals surface area (Å²) < 4.78 is 31.0. The molecule has 0 atom stereocenters. The molecule has 0 amide bonds. The summed E-state index contributed by atoms with van der Waals surface area (Å²) in [4.78, 5) is -0.0257. The molecule has 0 saturated heterocycles. The van der Waals surface area contributed by atoms with Crippen LogP contribution in [0.4, 0.5) is 0 Å². The molecule has 1 aromatic rings. The van der Waals surface area contributed by atoms with Crippen molar-refractivity contribution in [1.82, 2.24) is 0 Å². The minimum absolute atomic E-state index is 0.0257. The molecule has 0 spiro atoms. The first kappa shape index (κ1) is 23.2. The molecule has 0 aliphatic carbocycles. The van der Waals surface area contributed by atoms with Crippen molar-refractivity contribution in [2.24, 2.45) is 0 Å². The number of hydrogen-bond donors (Lipinski definition) is 1. The van der Waals surface area contributed by atoms with Gasteiger partial charge >= 0.3 is 0 Å². The molecule has 26 heavy (non-hydrogen) atoms. The fourth-order valence-electron chi connectivity index (χ4n) is 3.35. The zero-order chi connectivity index (χ0) is 19.1. The van der Waals surface area contributed by atoms with Crippen LogP contribution in [0, 0.1) is 0 Å². The quantitative estimate of drug-likeness (QED) is 0.248. The summed E-state index contributed by atoms with van der Waals surface area (Å²) in [5, 5.41) is 0. The van der Waals surface area contributed by atoms with E-state index in [1.54, 1.807) is 12.1 Å². The largest absolute Gasteiger partial charge is 0.294 e. The lowest BCUT2D eigenvalue weighted by atomic mass is 10.0. The second-order valence-corrected chi connectivity index (χ2v) is 8.89. The molecule has 0 aliphatic heterocycles. The lowest BCUT2D eigenvalue weighted by molar-refractivity contribution is 0.483. The summed E-state index contributed by atoms with van der Waals surface area (Å²) in [6.07, 6.45) is 19.9. The zero-order valence-corrected chi connectivity index (χ0v) is 17.4. The van der Waals surface area contributed by atoms with Crippen molar-refractivity contribution < 1.29 is 13.0 Å². The molecule has 1 aromatic carbocycles. The SMILES string of the molecule is CCCCCCCCCCCCCCCCc1ccc(S(=O)(=O)O)cc1. The van der Waals surface area contributed by atoms with E-state index in [-0.39, 0.29) is 4.90 Å². The maximum atomic E-state index is 11.0.